The molecule has 5 rings (SSSR count). The van der Waals surface area contributed by atoms with Gasteiger partial charge in [-0.15, -0.1) is 0 Å². The Morgan fingerprint density at radius 2 is 1.90 bits per heavy atom. The smallest absolute Gasteiger partial charge is 0.247 e. The molecule has 3 aromatic rings. The van der Waals surface area contributed by atoms with E-state index in [1.807, 2.05) is 25.2 Å². The minimum Gasteiger partial charge on any atom is -0.489 e. The first-order valence-electron chi connectivity index (χ1n) is 12.9. The fourth-order valence-electron chi connectivity index (χ4n) is 4.51. The van der Waals surface area contributed by atoms with Gasteiger partial charge in [-0.3, -0.25) is 15.1 Å². The largest absolute Gasteiger partial charge is 0.489 e. The monoisotopic (exact) mass is 530 g/mol. The van der Waals surface area contributed by atoms with Gasteiger partial charge in [-0.25, -0.2) is 4.39 Å². The Morgan fingerprint density at radius 3 is 2.67 bits per heavy atom. The number of anilines is 1. The van der Waals surface area contributed by atoms with E-state index in [0.717, 1.165) is 13.1 Å². The zero-order valence-electron chi connectivity index (χ0n) is 22.0. The molecule has 202 valence electrons. The molecule has 1 atom stereocenters. The number of likely N-dealkylation sites (tertiary alicyclic amines) is 1. The summed E-state index contributed by atoms with van der Waals surface area (Å²) in [5.41, 5.74) is 1.01. The molecule has 2 N–H and O–H groups in total. The predicted octanol–water partition coefficient (Wildman–Crippen LogP) is 3.33. The van der Waals surface area contributed by atoms with Gasteiger partial charge in [0.05, 0.1) is 11.4 Å². The first-order chi connectivity index (χ1) is 18.8. The van der Waals surface area contributed by atoms with Gasteiger partial charge in [0.2, 0.25) is 5.91 Å². The highest BCUT2D eigenvalue weighted by Gasteiger charge is 2.30. The standard InChI is InChI=1S/C30H31FN4O4/c1-34-15-12-30(37,13-16-34)11-9-21-3-8-28-27(17-21)35(2)29(36)26(20-38-28)33-19-23-18-25(10-14-32-23)39-24-6-4-22(31)5-7-24/h3-8,10,14,17-18,26,33,37H,12-13,15-16,19-20H2,1-2H3/t26-/m1/s1. The summed E-state index contributed by atoms with van der Waals surface area (Å²) in [6.07, 6.45) is 2.83. The Hall–Kier alpha value is -3.97. The second-order valence-electron chi connectivity index (χ2n) is 9.95. The third-order valence-corrected chi connectivity index (χ3v) is 6.98. The summed E-state index contributed by atoms with van der Waals surface area (Å²) in [7, 11) is 3.74. The zero-order chi connectivity index (χ0) is 27.4. The molecular formula is C30H31FN4O4. The Labute approximate surface area is 227 Å². The molecule has 2 aliphatic rings. The van der Waals surface area contributed by atoms with Gasteiger partial charge in [0, 0.05) is 57.4 Å². The van der Waals surface area contributed by atoms with Crippen molar-refractivity contribution >= 4 is 11.6 Å². The summed E-state index contributed by atoms with van der Waals surface area (Å²) in [6, 6.07) is 14.1. The van der Waals surface area contributed by atoms with Crippen LogP contribution in [0.4, 0.5) is 10.1 Å². The highest BCUT2D eigenvalue weighted by molar-refractivity contribution is 5.99. The minimum atomic E-state index is -0.998. The lowest BCUT2D eigenvalue weighted by atomic mass is 9.92. The number of ether oxygens (including phenoxy) is 2. The Balaban J connectivity index is 1.23. The van der Waals surface area contributed by atoms with Crippen LogP contribution in [0.5, 0.6) is 17.2 Å². The topological polar surface area (TPSA) is 87.2 Å². The molecule has 0 unspecified atom stereocenters. The number of hydrogen-bond acceptors (Lipinski definition) is 7. The average Bonchev–Trinajstić information content (AvgIpc) is 3.06. The second-order valence-corrected chi connectivity index (χ2v) is 9.95. The Kier molecular flexibility index (Phi) is 7.79. The number of rotatable bonds is 5. The van der Waals surface area contributed by atoms with Crippen molar-refractivity contribution in [3.8, 4) is 29.1 Å². The predicted molar refractivity (Wildman–Crippen MR) is 145 cm³/mol. The fraction of sp³-hybridized carbons (Fsp3) is 0.333. The van der Waals surface area contributed by atoms with Gasteiger partial charge in [0.1, 0.15) is 41.3 Å². The molecule has 9 heteroatoms. The lowest BCUT2D eigenvalue weighted by Crippen LogP contribution is -2.46. The summed E-state index contributed by atoms with van der Waals surface area (Å²) >= 11 is 0. The Bertz CT molecular complexity index is 1390. The average molecular weight is 531 g/mol. The molecule has 3 heterocycles. The van der Waals surface area contributed by atoms with Crippen LogP contribution in [0.15, 0.2) is 60.8 Å². The molecule has 2 aliphatic heterocycles. The summed E-state index contributed by atoms with van der Waals surface area (Å²) < 4.78 is 24.9. The number of aromatic nitrogens is 1. The van der Waals surface area contributed by atoms with Crippen LogP contribution in [0.25, 0.3) is 0 Å². The van der Waals surface area contributed by atoms with Gasteiger partial charge in [0.15, 0.2) is 0 Å². The number of piperidine rings is 1. The molecule has 1 aromatic heterocycles. The third kappa shape index (κ3) is 6.55. The molecule has 1 amide bonds. The van der Waals surface area contributed by atoms with E-state index in [9.17, 15) is 14.3 Å². The first kappa shape index (κ1) is 26.6. The summed E-state index contributed by atoms with van der Waals surface area (Å²) in [4.78, 5) is 21.4. The summed E-state index contributed by atoms with van der Waals surface area (Å²) in [5, 5.41) is 14.0. The highest BCUT2D eigenvalue weighted by atomic mass is 19.1. The van der Waals surface area contributed by atoms with Gasteiger partial charge in [-0.1, -0.05) is 11.8 Å². The molecular weight excluding hydrogens is 499 g/mol. The number of hydrogen-bond donors (Lipinski definition) is 2. The van der Waals surface area contributed by atoms with E-state index >= 15 is 0 Å². The van der Waals surface area contributed by atoms with Crippen LogP contribution in [0.2, 0.25) is 0 Å². The number of nitrogens with zero attached hydrogens (tertiary/aromatic N) is 3. The number of benzene rings is 2. The molecule has 39 heavy (non-hydrogen) atoms. The molecule has 8 nitrogen and oxygen atoms in total. The summed E-state index contributed by atoms with van der Waals surface area (Å²) in [5.74, 6) is 7.31. The molecule has 1 fully saturated rings. The van der Waals surface area contributed by atoms with Gasteiger partial charge < -0.3 is 24.4 Å². The summed E-state index contributed by atoms with van der Waals surface area (Å²) in [6.45, 7) is 2.07. The number of nitrogens with one attached hydrogen (secondary N) is 1. The van der Waals surface area contributed by atoms with E-state index in [4.69, 9.17) is 9.47 Å². The molecule has 0 saturated carbocycles. The van der Waals surface area contributed by atoms with E-state index in [0.29, 0.717) is 53.6 Å². The first-order valence-corrected chi connectivity index (χ1v) is 12.9. The van der Waals surface area contributed by atoms with E-state index in [1.165, 1.54) is 12.1 Å². The van der Waals surface area contributed by atoms with Crippen LogP contribution >= 0.6 is 0 Å². The minimum absolute atomic E-state index is 0.147. The van der Waals surface area contributed by atoms with Crippen LogP contribution in [-0.4, -0.2) is 66.3 Å². The van der Waals surface area contributed by atoms with Crippen molar-refractivity contribution in [1.29, 1.82) is 0 Å². The van der Waals surface area contributed by atoms with Gasteiger partial charge >= 0.3 is 0 Å². The van der Waals surface area contributed by atoms with Gasteiger partial charge in [0.25, 0.3) is 0 Å². The zero-order valence-corrected chi connectivity index (χ0v) is 22.0. The van der Waals surface area contributed by atoms with Crippen LogP contribution < -0.4 is 19.7 Å². The maximum absolute atomic E-state index is 13.3. The molecule has 2 aromatic carbocycles. The van der Waals surface area contributed by atoms with Gasteiger partial charge in [-0.2, -0.15) is 0 Å². The quantitative estimate of drug-likeness (QED) is 0.490. The van der Waals surface area contributed by atoms with Crippen LogP contribution in [-0.2, 0) is 11.3 Å². The van der Waals surface area contributed by atoms with Gasteiger partial charge in [-0.05, 0) is 55.6 Å². The third-order valence-electron chi connectivity index (χ3n) is 6.98. The van der Waals surface area contributed by atoms with E-state index in [-0.39, 0.29) is 18.3 Å². The van der Waals surface area contributed by atoms with Crippen LogP contribution in [0, 0.1) is 17.7 Å². The van der Waals surface area contributed by atoms with Crippen molar-refractivity contribution in [3.63, 3.8) is 0 Å². The molecule has 0 spiro atoms. The van der Waals surface area contributed by atoms with Crippen molar-refractivity contribution < 1.29 is 23.8 Å². The second kappa shape index (κ2) is 11.4. The number of aliphatic hydroxyl groups is 1. The number of pyridine rings is 1. The van der Waals surface area contributed by atoms with Crippen molar-refractivity contribution in [1.82, 2.24) is 15.2 Å². The molecule has 1 saturated heterocycles. The normalized spacial score (nSPS) is 18.8. The number of carbonyl (C=O) groups is 1. The van der Waals surface area contributed by atoms with Crippen LogP contribution in [0.1, 0.15) is 24.1 Å². The lowest BCUT2D eigenvalue weighted by Gasteiger charge is -2.32. The Morgan fingerprint density at radius 1 is 1.13 bits per heavy atom. The lowest BCUT2D eigenvalue weighted by molar-refractivity contribution is -0.120. The van der Waals surface area contributed by atoms with Crippen LogP contribution in [0.3, 0.4) is 0 Å². The van der Waals surface area contributed by atoms with Crippen molar-refractivity contribution in [3.05, 3.63) is 77.9 Å². The van der Waals surface area contributed by atoms with Crippen molar-refractivity contribution in [2.45, 2.75) is 31.0 Å². The maximum atomic E-state index is 13.3. The number of amides is 1. The fourth-order valence-corrected chi connectivity index (χ4v) is 4.51. The highest BCUT2D eigenvalue weighted by Crippen LogP contribution is 2.32. The molecule has 0 radical (unpaired) electrons. The number of likely N-dealkylation sites (N-methyl/N-ethyl adjacent to an activating group) is 1. The number of fused-ring (bicyclic) bond motifs is 1. The maximum Gasteiger partial charge on any atom is 0.247 e. The number of halogens is 1. The van der Waals surface area contributed by atoms with Crippen molar-refractivity contribution in [2.24, 2.45) is 0 Å². The molecule has 0 bridgehead atoms. The van der Waals surface area contributed by atoms with E-state index in [1.54, 1.807) is 42.4 Å². The van der Waals surface area contributed by atoms with E-state index < -0.39 is 11.6 Å². The van der Waals surface area contributed by atoms with E-state index in [2.05, 4.69) is 27.0 Å². The number of carbonyl (C=O) groups excluding carboxylic acids is 1. The van der Waals surface area contributed by atoms with Crippen molar-refractivity contribution in [2.75, 3.05) is 38.7 Å². The SMILES string of the molecule is CN1CCC(O)(C#Cc2ccc3c(c2)N(C)C(=O)[C@H](NCc2cc(Oc4ccc(F)cc4)ccn2)CO3)CC1. The molecule has 0 aliphatic carbocycles.